The van der Waals surface area contributed by atoms with E-state index >= 15 is 0 Å². The Morgan fingerprint density at radius 2 is 1.94 bits per heavy atom. The van der Waals surface area contributed by atoms with Gasteiger partial charge in [0.05, 0.1) is 13.2 Å². The van der Waals surface area contributed by atoms with E-state index in [2.05, 4.69) is 0 Å². The van der Waals surface area contributed by atoms with Crippen molar-refractivity contribution >= 4 is 5.78 Å². The van der Waals surface area contributed by atoms with Crippen LogP contribution >= 0.6 is 0 Å². The maximum atomic E-state index is 12.0. The van der Waals surface area contributed by atoms with Gasteiger partial charge < -0.3 is 9.47 Å². The van der Waals surface area contributed by atoms with Gasteiger partial charge in [0.25, 0.3) is 0 Å². The van der Waals surface area contributed by atoms with E-state index in [1.54, 1.807) is 7.11 Å². The fourth-order valence-corrected chi connectivity index (χ4v) is 2.37. The summed E-state index contributed by atoms with van der Waals surface area (Å²) in [5.41, 5.74) is 0.774. The van der Waals surface area contributed by atoms with Gasteiger partial charge in [0.2, 0.25) is 0 Å². The van der Waals surface area contributed by atoms with Crippen LogP contribution in [-0.2, 0) is 4.74 Å². The Morgan fingerprint density at radius 3 is 2.50 bits per heavy atom. The minimum atomic E-state index is 0.220. The van der Waals surface area contributed by atoms with Crippen molar-refractivity contribution in [3.05, 3.63) is 29.8 Å². The molecule has 0 heterocycles. The molecule has 1 aromatic carbocycles. The zero-order valence-corrected chi connectivity index (χ0v) is 11.0. The Morgan fingerprint density at radius 1 is 1.28 bits per heavy atom. The second-order valence-electron chi connectivity index (χ2n) is 4.77. The Kier molecular flexibility index (Phi) is 4.37. The molecule has 0 radical (unpaired) electrons. The molecule has 0 aromatic heterocycles. The molecule has 1 aliphatic rings. The largest absolute Gasteiger partial charge is 0.497 e. The van der Waals surface area contributed by atoms with E-state index in [1.807, 2.05) is 31.2 Å². The van der Waals surface area contributed by atoms with Gasteiger partial charge in [0, 0.05) is 18.6 Å². The van der Waals surface area contributed by atoms with Crippen LogP contribution < -0.4 is 4.74 Å². The van der Waals surface area contributed by atoms with E-state index < -0.39 is 0 Å². The van der Waals surface area contributed by atoms with Gasteiger partial charge in [-0.3, -0.25) is 4.79 Å². The fourth-order valence-electron chi connectivity index (χ4n) is 2.37. The van der Waals surface area contributed by atoms with Crippen molar-refractivity contribution in [3.63, 3.8) is 0 Å². The average molecular weight is 248 g/mol. The molecule has 2 rings (SSSR count). The van der Waals surface area contributed by atoms with Crippen molar-refractivity contribution in [1.29, 1.82) is 0 Å². The molecule has 1 aromatic rings. The number of hydrogen-bond donors (Lipinski definition) is 0. The smallest absolute Gasteiger partial charge is 0.163 e. The third-order valence-corrected chi connectivity index (χ3v) is 3.48. The van der Waals surface area contributed by atoms with Gasteiger partial charge in [-0.15, -0.1) is 0 Å². The second-order valence-corrected chi connectivity index (χ2v) is 4.77. The van der Waals surface area contributed by atoms with Crippen LogP contribution in [0, 0.1) is 5.92 Å². The highest BCUT2D eigenvalue weighted by Crippen LogP contribution is 2.33. The molecule has 1 fully saturated rings. The topological polar surface area (TPSA) is 35.5 Å². The Balaban J connectivity index is 1.81. The quantitative estimate of drug-likeness (QED) is 0.726. The van der Waals surface area contributed by atoms with Gasteiger partial charge in [-0.1, -0.05) is 0 Å². The SMILES string of the molecule is CCOC1CC(CC(=O)c2ccc(OC)cc2)C1. The molecule has 3 heteroatoms. The summed E-state index contributed by atoms with van der Waals surface area (Å²) >= 11 is 0. The molecular formula is C15H20O3. The molecule has 0 atom stereocenters. The van der Waals surface area contributed by atoms with Crippen LogP contribution in [0.25, 0.3) is 0 Å². The monoisotopic (exact) mass is 248 g/mol. The average Bonchev–Trinajstić information content (AvgIpc) is 2.36. The number of methoxy groups -OCH3 is 1. The van der Waals surface area contributed by atoms with E-state index in [0.717, 1.165) is 30.8 Å². The molecule has 3 nitrogen and oxygen atoms in total. The van der Waals surface area contributed by atoms with Crippen molar-refractivity contribution < 1.29 is 14.3 Å². The summed E-state index contributed by atoms with van der Waals surface area (Å²) in [4.78, 5) is 12.0. The molecule has 0 bridgehead atoms. The van der Waals surface area contributed by atoms with Crippen molar-refractivity contribution in [2.45, 2.75) is 32.3 Å². The van der Waals surface area contributed by atoms with Gasteiger partial charge in [0.15, 0.2) is 5.78 Å². The minimum absolute atomic E-state index is 0.220. The zero-order valence-electron chi connectivity index (χ0n) is 11.0. The van der Waals surface area contributed by atoms with Gasteiger partial charge >= 0.3 is 0 Å². The highest BCUT2D eigenvalue weighted by atomic mass is 16.5. The van der Waals surface area contributed by atoms with Crippen LogP contribution in [0.15, 0.2) is 24.3 Å². The van der Waals surface area contributed by atoms with Gasteiger partial charge in [-0.25, -0.2) is 0 Å². The van der Waals surface area contributed by atoms with E-state index in [4.69, 9.17) is 9.47 Å². The molecule has 1 aliphatic carbocycles. The van der Waals surface area contributed by atoms with Crippen molar-refractivity contribution in [1.82, 2.24) is 0 Å². The predicted molar refractivity (Wildman–Crippen MR) is 70.1 cm³/mol. The maximum Gasteiger partial charge on any atom is 0.163 e. The van der Waals surface area contributed by atoms with E-state index in [0.29, 0.717) is 18.4 Å². The third-order valence-electron chi connectivity index (χ3n) is 3.48. The number of carbonyl (C=O) groups is 1. The lowest BCUT2D eigenvalue weighted by molar-refractivity contribution is -0.0246. The summed E-state index contributed by atoms with van der Waals surface area (Å²) in [7, 11) is 1.62. The van der Waals surface area contributed by atoms with Gasteiger partial charge in [-0.2, -0.15) is 0 Å². The van der Waals surface area contributed by atoms with Crippen LogP contribution in [0.4, 0.5) is 0 Å². The fraction of sp³-hybridized carbons (Fsp3) is 0.533. The number of Topliss-reactive ketones (excluding diaryl/α,β-unsaturated/α-hetero) is 1. The first-order valence-electron chi connectivity index (χ1n) is 6.51. The van der Waals surface area contributed by atoms with Crippen molar-refractivity contribution in [3.8, 4) is 5.75 Å². The zero-order chi connectivity index (χ0) is 13.0. The lowest BCUT2D eigenvalue weighted by atomic mass is 9.78. The predicted octanol–water partition coefficient (Wildman–Crippen LogP) is 3.08. The minimum Gasteiger partial charge on any atom is -0.497 e. The third kappa shape index (κ3) is 3.10. The summed E-state index contributed by atoms with van der Waals surface area (Å²) in [6.45, 7) is 2.78. The second kappa shape index (κ2) is 6.01. The molecule has 0 amide bonds. The normalized spacial score (nSPS) is 22.3. The molecule has 0 saturated heterocycles. The molecular weight excluding hydrogens is 228 g/mol. The molecule has 18 heavy (non-hydrogen) atoms. The first kappa shape index (κ1) is 13.1. The van der Waals surface area contributed by atoms with Crippen LogP contribution in [-0.4, -0.2) is 25.6 Å². The Hall–Kier alpha value is -1.35. The maximum absolute atomic E-state index is 12.0. The van der Waals surface area contributed by atoms with Crippen molar-refractivity contribution in [2.75, 3.05) is 13.7 Å². The lowest BCUT2D eigenvalue weighted by Gasteiger charge is -2.34. The van der Waals surface area contributed by atoms with Crippen LogP contribution in [0.2, 0.25) is 0 Å². The molecule has 0 aliphatic heterocycles. The summed E-state index contributed by atoms with van der Waals surface area (Å²) in [5.74, 6) is 1.50. The van der Waals surface area contributed by atoms with Gasteiger partial charge in [0.1, 0.15) is 5.75 Å². The van der Waals surface area contributed by atoms with Crippen LogP contribution in [0.3, 0.4) is 0 Å². The molecule has 98 valence electrons. The highest BCUT2D eigenvalue weighted by molar-refractivity contribution is 5.96. The standard InChI is InChI=1S/C15H20O3/c1-3-18-14-8-11(9-14)10-15(16)12-4-6-13(17-2)7-5-12/h4-7,11,14H,3,8-10H2,1-2H3. The first-order chi connectivity index (χ1) is 8.72. The van der Waals surface area contributed by atoms with Crippen LogP contribution in [0.1, 0.15) is 36.5 Å². The Labute approximate surface area is 108 Å². The van der Waals surface area contributed by atoms with E-state index in [9.17, 15) is 4.79 Å². The highest BCUT2D eigenvalue weighted by Gasteiger charge is 2.31. The first-order valence-corrected chi connectivity index (χ1v) is 6.51. The van der Waals surface area contributed by atoms with Gasteiger partial charge in [-0.05, 0) is 49.9 Å². The molecule has 1 saturated carbocycles. The molecule has 0 unspecified atom stereocenters. The number of ether oxygens (including phenoxy) is 2. The summed E-state index contributed by atoms with van der Waals surface area (Å²) in [6, 6.07) is 7.33. The summed E-state index contributed by atoms with van der Waals surface area (Å²) in [5, 5.41) is 0. The Bertz CT molecular complexity index is 391. The molecule has 0 N–H and O–H groups in total. The lowest BCUT2D eigenvalue weighted by Crippen LogP contribution is -2.32. The number of ketones is 1. The van der Waals surface area contributed by atoms with E-state index in [1.165, 1.54) is 0 Å². The number of hydrogen-bond acceptors (Lipinski definition) is 3. The van der Waals surface area contributed by atoms with Crippen LogP contribution in [0.5, 0.6) is 5.75 Å². The summed E-state index contributed by atoms with van der Waals surface area (Å²) < 4.78 is 10.6. The number of carbonyl (C=O) groups excluding carboxylic acids is 1. The number of benzene rings is 1. The molecule has 0 spiro atoms. The number of rotatable bonds is 6. The van der Waals surface area contributed by atoms with Crippen molar-refractivity contribution in [2.24, 2.45) is 5.92 Å². The van der Waals surface area contributed by atoms with E-state index in [-0.39, 0.29) is 5.78 Å². The summed E-state index contributed by atoms with van der Waals surface area (Å²) in [6.07, 6.45) is 3.06.